The van der Waals surface area contributed by atoms with Crippen LogP contribution < -0.4 is 0 Å². The van der Waals surface area contributed by atoms with E-state index in [0.717, 1.165) is 6.92 Å². The van der Waals surface area contributed by atoms with Crippen molar-refractivity contribution < 1.29 is 26.4 Å². The molecule has 132 valence electrons. The van der Waals surface area contributed by atoms with Crippen LogP contribution in [-0.2, 0) is 14.6 Å². The number of carbonyl (C=O) groups excluding carboxylic acids is 1. The van der Waals surface area contributed by atoms with E-state index in [1.54, 1.807) is 6.92 Å². The number of hydrogen-bond acceptors (Lipinski definition) is 3. The van der Waals surface area contributed by atoms with E-state index in [0.29, 0.717) is 6.42 Å². The Morgan fingerprint density at radius 2 is 1.41 bits per heavy atom. The van der Waals surface area contributed by atoms with Gasteiger partial charge in [-0.25, -0.2) is 8.42 Å². The summed E-state index contributed by atoms with van der Waals surface area (Å²) >= 11 is 0. The smallest absolute Gasteiger partial charge is 0.299 e. The highest BCUT2D eigenvalue weighted by Crippen LogP contribution is 2.45. The fraction of sp³-hybridized carbons (Fsp3) is 0.933. The Hall–Kier alpha value is -0.590. The molecule has 0 radical (unpaired) electrons. The molecule has 3 nitrogen and oxygen atoms in total. The van der Waals surface area contributed by atoms with E-state index in [-0.39, 0.29) is 5.92 Å². The van der Waals surface area contributed by atoms with Crippen molar-refractivity contribution in [2.24, 2.45) is 16.7 Å². The third-order valence-corrected chi connectivity index (χ3v) is 6.28. The zero-order chi connectivity index (χ0) is 18.1. The lowest BCUT2D eigenvalue weighted by molar-refractivity contribution is -0.135. The first-order valence-corrected chi connectivity index (χ1v) is 8.85. The predicted octanol–water partition coefficient (Wildman–Crippen LogP) is 4.37. The van der Waals surface area contributed by atoms with E-state index in [1.807, 2.05) is 34.6 Å². The molecule has 0 saturated heterocycles. The molecule has 2 unspecified atom stereocenters. The van der Waals surface area contributed by atoms with Crippen molar-refractivity contribution in [1.82, 2.24) is 0 Å². The summed E-state index contributed by atoms with van der Waals surface area (Å²) in [6.07, 6.45) is -0.129. The summed E-state index contributed by atoms with van der Waals surface area (Å²) in [5, 5.41) is -1.77. The maximum absolute atomic E-state index is 12.6. The van der Waals surface area contributed by atoms with Gasteiger partial charge >= 0.3 is 5.51 Å². The van der Waals surface area contributed by atoms with Crippen LogP contribution >= 0.6 is 0 Å². The summed E-state index contributed by atoms with van der Waals surface area (Å²) in [5.41, 5.74) is -6.69. The van der Waals surface area contributed by atoms with E-state index < -0.39 is 43.6 Å². The molecule has 0 saturated carbocycles. The maximum atomic E-state index is 12.6. The summed E-state index contributed by atoms with van der Waals surface area (Å²) in [6, 6.07) is 0. The second-order valence-corrected chi connectivity index (χ2v) is 9.97. The molecule has 7 heteroatoms. The Balaban J connectivity index is 5.49. The van der Waals surface area contributed by atoms with Crippen LogP contribution in [0.1, 0.15) is 61.3 Å². The van der Waals surface area contributed by atoms with Crippen molar-refractivity contribution in [1.29, 1.82) is 0 Å². The van der Waals surface area contributed by atoms with E-state index in [4.69, 9.17) is 0 Å². The Kier molecular flexibility index (Phi) is 6.32. The van der Waals surface area contributed by atoms with E-state index in [2.05, 4.69) is 0 Å². The first-order valence-electron chi connectivity index (χ1n) is 7.30. The molecular formula is C15H27F3O3S. The van der Waals surface area contributed by atoms with Crippen LogP contribution in [-0.4, -0.2) is 25.0 Å². The minimum atomic E-state index is -5.33. The number of sulfone groups is 1. The van der Waals surface area contributed by atoms with Crippen molar-refractivity contribution in [3.63, 3.8) is 0 Å². The average molecular weight is 344 g/mol. The molecule has 0 amide bonds. The van der Waals surface area contributed by atoms with Crippen LogP contribution in [0.4, 0.5) is 13.2 Å². The third-order valence-electron chi connectivity index (χ3n) is 4.41. The molecule has 0 aromatic carbocycles. The van der Waals surface area contributed by atoms with Crippen molar-refractivity contribution in [2.45, 2.75) is 72.1 Å². The van der Waals surface area contributed by atoms with Gasteiger partial charge in [0, 0.05) is 11.8 Å². The second-order valence-electron chi connectivity index (χ2n) is 7.61. The normalized spacial score (nSPS) is 18.1. The van der Waals surface area contributed by atoms with Crippen LogP contribution in [0.5, 0.6) is 0 Å². The highest BCUT2D eigenvalue weighted by molar-refractivity contribution is 7.92. The number of halogens is 3. The van der Waals surface area contributed by atoms with Crippen molar-refractivity contribution in [3.8, 4) is 0 Å². The summed E-state index contributed by atoms with van der Waals surface area (Å²) < 4.78 is 60.5. The predicted molar refractivity (Wildman–Crippen MR) is 81.1 cm³/mol. The van der Waals surface area contributed by atoms with Gasteiger partial charge in [-0.1, -0.05) is 41.5 Å². The first-order chi connectivity index (χ1) is 9.47. The molecule has 0 aromatic rings. The molecule has 2 atom stereocenters. The molecule has 0 rings (SSSR count). The van der Waals surface area contributed by atoms with Gasteiger partial charge in [0.25, 0.3) is 9.84 Å². The largest absolute Gasteiger partial charge is 0.497 e. The number of carbonyl (C=O) groups is 1. The van der Waals surface area contributed by atoms with Crippen LogP contribution in [0.3, 0.4) is 0 Å². The standard InChI is InChI=1S/C15H27F3O3S/c1-10(2)9-14(7,13(4,5)6)12(19)8-11(3)22(20,21)15(16,17)18/h10-11H,8-9H2,1-7H3. The molecule has 0 aliphatic heterocycles. The van der Waals surface area contributed by atoms with Gasteiger partial charge in [0.1, 0.15) is 5.78 Å². The average Bonchev–Trinajstić information content (AvgIpc) is 2.24. The highest BCUT2D eigenvalue weighted by atomic mass is 32.2. The van der Waals surface area contributed by atoms with Crippen molar-refractivity contribution in [3.05, 3.63) is 0 Å². The van der Waals surface area contributed by atoms with Gasteiger partial charge in [-0.2, -0.15) is 13.2 Å². The van der Waals surface area contributed by atoms with Gasteiger partial charge in [-0.3, -0.25) is 4.79 Å². The van der Waals surface area contributed by atoms with Gasteiger partial charge in [0.2, 0.25) is 0 Å². The minimum Gasteiger partial charge on any atom is -0.299 e. The Morgan fingerprint density at radius 1 is 1.00 bits per heavy atom. The second kappa shape index (κ2) is 6.49. The van der Waals surface area contributed by atoms with Crippen molar-refractivity contribution in [2.75, 3.05) is 0 Å². The molecule has 0 spiro atoms. The summed E-state index contributed by atoms with van der Waals surface area (Å²) in [4.78, 5) is 12.6. The van der Waals surface area contributed by atoms with Crippen LogP contribution in [0.15, 0.2) is 0 Å². The fourth-order valence-corrected chi connectivity index (χ4v) is 3.31. The summed E-state index contributed by atoms with van der Waals surface area (Å²) in [7, 11) is -5.33. The SMILES string of the molecule is CC(C)CC(C)(C(=O)CC(C)S(=O)(=O)C(F)(F)F)C(C)(C)C. The first kappa shape index (κ1) is 21.4. The monoisotopic (exact) mass is 344 g/mol. The van der Waals surface area contributed by atoms with Crippen LogP contribution in [0, 0.1) is 16.7 Å². The molecule has 22 heavy (non-hydrogen) atoms. The molecule has 0 N–H and O–H groups in total. The number of Topliss-reactive ketones (excluding diaryl/α,β-unsaturated/α-hetero) is 1. The Labute approximate surface area is 131 Å². The van der Waals surface area contributed by atoms with E-state index in [9.17, 15) is 26.4 Å². The van der Waals surface area contributed by atoms with E-state index in [1.165, 1.54) is 0 Å². The molecule has 0 fully saturated rings. The van der Waals surface area contributed by atoms with Gasteiger partial charge in [-0.15, -0.1) is 0 Å². The van der Waals surface area contributed by atoms with Crippen LogP contribution in [0.25, 0.3) is 0 Å². The van der Waals surface area contributed by atoms with Gasteiger partial charge in [-0.05, 0) is 24.7 Å². The fourth-order valence-electron chi connectivity index (χ4n) is 2.48. The van der Waals surface area contributed by atoms with E-state index >= 15 is 0 Å². The highest BCUT2D eigenvalue weighted by Gasteiger charge is 2.51. The quantitative estimate of drug-likeness (QED) is 0.719. The molecular weight excluding hydrogens is 317 g/mol. The zero-order valence-corrected chi connectivity index (χ0v) is 15.2. The molecule has 0 aliphatic carbocycles. The number of hydrogen-bond donors (Lipinski definition) is 0. The zero-order valence-electron chi connectivity index (χ0n) is 14.3. The number of rotatable bonds is 6. The summed E-state index contributed by atoms with van der Waals surface area (Å²) in [6.45, 7) is 12.0. The lowest BCUT2D eigenvalue weighted by Crippen LogP contribution is -2.44. The maximum Gasteiger partial charge on any atom is 0.497 e. The van der Waals surface area contributed by atoms with Gasteiger partial charge in [0.05, 0.1) is 5.25 Å². The van der Waals surface area contributed by atoms with Gasteiger partial charge < -0.3 is 0 Å². The molecule has 0 heterocycles. The Morgan fingerprint density at radius 3 is 1.68 bits per heavy atom. The van der Waals surface area contributed by atoms with Gasteiger partial charge in [0.15, 0.2) is 0 Å². The van der Waals surface area contributed by atoms with Crippen molar-refractivity contribution >= 4 is 15.6 Å². The summed E-state index contributed by atoms with van der Waals surface area (Å²) in [5.74, 6) is -0.267. The van der Waals surface area contributed by atoms with Crippen LogP contribution in [0.2, 0.25) is 0 Å². The lowest BCUT2D eigenvalue weighted by Gasteiger charge is -2.42. The topological polar surface area (TPSA) is 51.2 Å². The molecule has 0 aromatic heterocycles. The third kappa shape index (κ3) is 4.46. The minimum absolute atomic E-state index is 0.169. The Bertz CT molecular complexity index is 501. The molecule has 0 bridgehead atoms. The number of ketones is 1. The molecule has 0 aliphatic rings. The number of alkyl halides is 3. The lowest BCUT2D eigenvalue weighted by atomic mass is 9.61.